The quantitative estimate of drug-likeness (QED) is 0.790. The molecule has 1 atom stereocenters. The zero-order valence-electron chi connectivity index (χ0n) is 9.57. The molecule has 1 amide bonds. The zero-order chi connectivity index (χ0) is 11.5. The van der Waals surface area contributed by atoms with Crippen molar-refractivity contribution in [2.24, 2.45) is 5.92 Å². The van der Waals surface area contributed by atoms with Crippen LogP contribution in [0.4, 0.5) is 5.69 Å². The SMILES string of the molecule is CCC1CCCN(C(=O)c2[nH]ncc2N)C1. The van der Waals surface area contributed by atoms with Crippen LogP contribution in [-0.4, -0.2) is 34.1 Å². The van der Waals surface area contributed by atoms with Crippen molar-refractivity contribution in [2.45, 2.75) is 26.2 Å². The molecule has 0 radical (unpaired) electrons. The number of hydrogen-bond donors (Lipinski definition) is 2. The highest BCUT2D eigenvalue weighted by Crippen LogP contribution is 2.21. The molecule has 2 heterocycles. The number of rotatable bonds is 2. The van der Waals surface area contributed by atoms with Crippen molar-refractivity contribution in [3.63, 3.8) is 0 Å². The van der Waals surface area contributed by atoms with Gasteiger partial charge in [-0.3, -0.25) is 9.89 Å². The van der Waals surface area contributed by atoms with Crippen LogP contribution in [0.3, 0.4) is 0 Å². The Labute approximate surface area is 95.0 Å². The summed E-state index contributed by atoms with van der Waals surface area (Å²) in [6.07, 6.45) is 4.91. The van der Waals surface area contributed by atoms with Gasteiger partial charge in [-0.25, -0.2) is 0 Å². The normalized spacial score (nSPS) is 21.1. The number of nitrogens with zero attached hydrogens (tertiary/aromatic N) is 2. The molecule has 16 heavy (non-hydrogen) atoms. The van der Waals surface area contributed by atoms with E-state index in [1.807, 2.05) is 4.90 Å². The van der Waals surface area contributed by atoms with Crippen LogP contribution in [0.15, 0.2) is 6.20 Å². The van der Waals surface area contributed by atoms with Crippen LogP contribution in [0.2, 0.25) is 0 Å². The van der Waals surface area contributed by atoms with Crippen molar-refractivity contribution in [1.82, 2.24) is 15.1 Å². The van der Waals surface area contributed by atoms with Gasteiger partial charge in [0.05, 0.1) is 11.9 Å². The Kier molecular flexibility index (Phi) is 3.12. The predicted molar refractivity (Wildman–Crippen MR) is 61.9 cm³/mol. The molecule has 0 aliphatic carbocycles. The number of anilines is 1. The number of nitrogens with two attached hydrogens (primary N) is 1. The number of piperidine rings is 1. The third-order valence-electron chi connectivity index (χ3n) is 3.27. The van der Waals surface area contributed by atoms with Gasteiger partial charge in [-0.05, 0) is 18.8 Å². The molecule has 0 spiro atoms. The first-order valence-corrected chi connectivity index (χ1v) is 5.80. The number of nitrogen functional groups attached to an aromatic ring is 1. The zero-order valence-corrected chi connectivity index (χ0v) is 9.57. The summed E-state index contributed by atoms with van der Waals surface area (Å²) in [6, 6.07) is 0. The number of aromatic nitrogens is 2. The summed E-state index contributed by atoms with van der Waals surface area (Å²) in [5.74, 6) is 0.606. The van der Waals surface area contributed by atoms with Crippen molar-refractivity contribution in [2.75, 3.05) is 18.8 Å². The fourth-order valence-corrected chi connectivity index (χ4v) is 2.21. The van der Waals surface area contributed by atoms with E-state index in [4.69, 9.17) is 5.73 Å². The molecule has 88 valence electrons. The minimum atomic E-state index is -0.0202. The van der Waals surface area contributed by atoms with Crippen LogP contribution >= 0.6 is 0 Å². The number of carbonyl (C=O) groups excluding carboxylic acids is 1. The van der Waals surface area contributed by atoms with E-state index < -0.39 is 0 Å². The lowest BCUT2D eigenvalue weighted by Gasteiger charge is -2.32. The van der Waals surface area contributed by atoms with Gasteiger partial charge in [-0.1, -0.05) is 13.3 Å². The number of aromatic amines is 1. The summed E-state index contributed by atoms with van der Waals surface area (Å²) in [5, 5.41) is 6.45. The lowest BCUT2D eigenvalue weighted by molar-refractivity contribution is 0.0666. The molecular formula is C11H18N4O. The van der Waals surface area contributed by atoms with Crippen molar-refractivity contribution < 1.29 is 4.79 Å². The van der Waals surface area contributed by atoms with Crippen molar-refractivity contribution in [1.29, 1.82) is 0 Å². The van der Waals surface area contributed by atoms with E-state index in [2.05, 4.69) is 17.1 Å². The first-order chi connectivity index (χ1) is 7.72. The fraction of sp³-hybridized carbons (Fsp3) is 0.636. The number of carbonyl (C=O) groups is 1. The third kappa shape index (κ3) is 2.03. The van der Waals surface area contributed by atoms with Crippen LogP contribution in [0.5, 0.6) is 0 Å². The molecule has 5 heteroatoms. The van der Waals surface area contributed by atoms with E-state index in [1.165, 1.54) is 12.6 Å². The molecule has 1 aliphatic heterocycles. The van der Waals surface area contributed by atoms with E-state index in [9.17, 15) is 4.79 Å². The highest BCUT2D eigenvalue weighted by Gasteiger charge is 2.25. The summed E-state index contributed by atoms with van der Waals surface area (Å²) < 4.78 is 0. The second-order valence-corrected chi connectivity index (χ2v) is 4.37. The first kappa shape index (κ1) is 11.0. The molecule has 1 aliphatic rings. The predicted octanol–water partition coefficient (Wildman–Crippen LogP) is 1.25. The van der Waals surface area contributed by atoms with Crippen LogP contribution in [0.1, 0.15) is 36.7 Å². The molecule has 0 aromatic carbocycles. The molecule has 0 bridgehead atoms. The smallest absolute Gasteiger partial charge is 0.274 e. The third-order valence-corrected chi connectivity index (χ3v) is 3.27. The number of H-pyrrole nitrogens is 1. The molecule has 1 unspecified atom stereocenters. The molecule has 0 saturated carbocycles. The summed E-state index contributed by atoms with van der Waals surface area (Å²) in [7, 11) is 0. The maximum atomic E-state index is 12.1. The van der Waals surface area contributed by atoms with E-state index in [0.717, 1.165) is 25.9 Å². The molecular weight excluding hydrogens is 204 g/mol. The van der Waals surface area contributed by atoms with E-state index in [-0.39, 0.29) is 5.91 Å². The molecule has 2 rings (SSSR count). The van der Waals surface area contributed by atoms with E-state index in [1.54, 1.807) is 0 Å². The van der Waals surface area contributed by atoms with Gasteiger partial charge in [0.25, 0.3) is 5.91 Å². The molecule has 1 aromatic rings. The van der Waals surface area contributed by atoms with Gasteiger partial charge >= 0.3 is 0 Å². The van der Waals surface area contributed by atoms with Gasteiger partial charge in [0, 0.05) is 13.1 Å². The Morgan fingerprint density at radius 2 is 2.56 bits per heavy atom. The number of likely N-dealkylation sites (tertiary alicyclic amines) is 1. The molecule has 1 saturated heterocycles. The Bertz CT molecular complexity index is 374. The lowest BCUT2D eigenvalue weighted by Crippen LogP contribution is -2.40. The first-order valence-electron chi connectivity index (χ1n) is 5.80. The number of nitrogens with one attached hydrogen (secondary N) is 1. The average molecular weight is 222 g/mol. The van der Waals surface area contributed by atoms with Gasteiger partial charge in [0.1, 0.15) is 5.69 Å². The standard InChI is InChI=1S/C11H18N4O/c1-2-8-4-3-5-15(7-8)11(16)10-9(12)6-13-14-10/h6,8H,2-5,7,12H2,1H3,(H,13,14). The largest absolute Gasteiger partial charge is 0.396 e. The van der Waals surface area contributed by atoms with Crippen LogP contribution in [0, 0.1) is 5.92 Å². The fourth-order valence-electron chi connectivity index (χ4n) is 2.21. The van der Waals surface area contributed by atoms with Gasteiger partial charge in [0.15, 0.2) is 0 Å². The summed E-state index contributed by atoms with van der Waals surface area (Å²) in [4.78, 5) is 14.0. The maximum absolute atomic E-state index is 12.1. The van der Waals surface area contributed by atoms with Crippen LogP contribution in [0.25, 0.3) is 0 Å². The highest BCUT2D eigenvalue weighted by atomic mass is 16.2. The monoisotopic (exact) mass is 222 g/mol. The van der Waals surface area contributed by atoms with Crippen molar-refractivity contribution in [3.8, 4) is 0 Å². The highest BCUT2D eigenvalue weighted by molar-refractivity contribution is 5.97. The lowest BCUT2D eigenvalue weighted by atomic mass is 9.95. The Hall–Kier alpha value is -1.52. The molecule has 1 fully saturated rings. The van der Waals surface area contributed by atoms with Gasteiger partial charge in [0.2, 0.25) is 0 Å². The van der Waals surface area contributed by atoms with Crippen LogP contribution in [-0.2, 0) is 0 Å². The number of hydrogen-bond acceptors (Lipinski definition) is 3. The van der Waals surface area contributed by atoms with Gasteiger partial charge in [-0.2, -0.15) is 5.10 Å². The summed E-state index contributed by atoms with van der Waals surface area (Å²) in [6.45, 7) is 3.84. The Morgan fingerprint density at radius 3 is 3.19 bits per heavy atom. The second kappa shape index (κ2) is 4.55. The topological polar surface area (TPSA) is 75.0 Å². The van der Waals surface area contributed by atoms with Gasteiger partial charge in [-0.15, -0.1) is 0 Å². The van der Waals surface area contributed by atoms with Crippen molar-refractivity contribution in [3.05, 3.63) is 11.9 Å². The van der Waals surface area contributed by atoms with Gasteiger partial charge < -0.3 is 10.6 Å². The molecule has 5 nitrogen and oxygen atoms in total. The van der Waals surface area contributed by atoms with E-state index in [0.29, 0.717) is 17.3 Å². The average Bonchev–Trinajstić information content (AvgIpc) is 2.74. The molecule has 3 N–H and O–H groups in total. The number of amides is 1. The summed E-state index contributed by atoms with van der Waals surface area (Å²) >= 11 is 0. The van der Waals surface area contributed by atoms with Crippen LogP contribution < -0.4 is 5.73 Å². The molecule has 1 aromatic heterocycles. The minimum absolute atomic E-state index is 0.0202. The van der Waals surface area contributed by atoms with Crippen molar-refractivity contribution >= 4 is 11.6 Å². The van der Waals surface area contributed by atoms with E-state index >= 15 is 0 Å². The summed E-state index contributed by atoms with van der Waals surface area (Å²) in [5.41, 5.74) is 6.54. The minimum Gasteiger partial charge on any atom is -0.396 e. The second-order valence-electron chi connectivity index (χ2n) is 4.37. The Balaban J connectivity index is 2.07. The Morgan fingerprint density at radius 1 is 1.75 bits per heavy atom. The maximum Gasteiger partial charge on any atom is 0.274 e.